The molecule has 2 aromatic carbocycles. The number of hydrogen-bond donors (Lipinski definition) is 0. The van der Waals surface area contributed by atoms with Crippen molar-refractivity contribution in [1.82, 2.24) is 0 Å². The van der Waals surface area contributed by atoms with Gasteiger partial charge in [0, 0.05) is 7.11 Å². The van der Waals surface area contributed by atoms with Gasteiger partial charge in [-0.1, -0.05) is 42.0 Å². The third-order valence-electron chi connectivity index (χ3n) is 3.61. The van der Waals surface area contributed by atoms with Gasteiger partial charge < -0.3 is 4.74 Å². The van der Waals surface area contributed by atoms with E-state index in [1.165, 1.54) is 33.0 Å². The first-order valence-electron chi connectivity index (χ1n) is 6.00. The van der Waals surface area contributed by atoms with E-state index in [9.17, 15) is 0 Å². The van der Waals surface area contributed by atoms with Crippen molar-refractivity contribution in [3.8, 4) is 0 Å². The average Bonchev–Trinajstić information content (AvgIpc) is 2.67. The number of benzene rings is 2. The summed E-state index contributed by atoms with van der Waals surface area (Å²) in [6.07, 6.45) is 1.06. The van der Waals surface area contributed by atoms with Crippen LogP contribution in [0.5, 0.6) is 0 Å². The fraction of sp³-hybridized carbons (Fsp3) is 0.250. The summed E-state index contributed by atoms with van der Waals surface area (Å²) >= 11 is 0. The summed E-state index contributed by atoms with van der Waals surface area (Å²) in [5, 5.41) is 2.72. The van der Waals surface area contributed by atoms with Gasteiger partial charge in [0.15, 0.2) is 0 Å². The molecule has 0 amide bonds. The van der Waals surface area contributed by atoms with Crippen LogP contribution in [-0.2, 0) is 11.2 Å². The molecule has 0 radical (unpaired) electrons. The zero-order chi connectivity index (χ0) is 11.8. The standard InChI is InChI=1S/C16H16O/c1-11-9-15-13-6-4-3-5-12(13)7-8-14(15)16(11)10-17-2/h3-8H,9-10H2,1-2H3. The minimum atomic E-state index is 0.719. The number of rotatable bonds is 2. The largest absolute Gasteiger partial charge is 0.380 e. The molecule has 0 fully saturated rings. The number of allylic oxidation sites excluding steroid dienone is 1. The number of ether oxygens (including phenoxy) is 1. The maximum atomic E-state index is 5.31. The maximum Gasteiger partial charge on any atom is 0.0718 e. The van der Waals surface area contributed by atoms with Crippen LogP contribution in [0.15, 0.2) is 42.0 Å². The van der Waals surface area contributed by atoms with Crippen molar-refractivity contribution in [2.45, 2.75) is 13.3 Å². The van der Waals surface area contributed by atoms with Crippen molar-refractivity contribution in [1.29, 1.82) is 0 Å². The van der Waals surface area contributed by atoms with E-state index in [1.807, 2.05) is 0 Å². The van der Waals surface area contributed by atoms with Gasteiger partial charge in [-0.3, -0.25) is 0 Å². The molecule has 17 heavy (non-hydrogen) atoms. The van der Waals surface area contributed by atoms with Crippen LogP contribution < -0.4 is 0 Å². The highest BCUT2D eigenvalue weighted by Gasteiger charge is 2.20. The Hall–Kier alpha value is -1.60. The van der Waals surface area contributed by atoms with E-state index in [1.54, 1.807) is 7.11 Å². The molecule has 1 aliphatic carbocycles. The molecule has 0 N–H and O–H groups in total. The zero-order valence-electron chi connectivity index (χ0n) is 10.3. The number of hydrogen-bond acceptors (Lipinski definition) is 1. The van der Waals surface area contributed by atoms with E-state index in [-0.39, 0.29) is 0 Å². The Bertz CT molecular complexity index is 608. The fourth-order valence-corrected chi connectivity index (χ4v) is 2.76. The lowest BCUT2D eigenvalue weighted by Crippen LogP contribution is -1.93. The van der Waals surface area contributed by atoms with Crippen LogP contribution in [0.2, 0.25) is 0 Å². The van der Waals surface area contributed by atoms with Crippen LogP contribution in [0.1, 0.15) is 18.1 Å². The Morgan fingerprint density at radius 2 is 1.94 bits per heavy atom. The van der Waals surface area contributed by atoms with E-state index in [0.717, 1.165) is 13.0 Å². The third-order valence-corrected chi connectivity index (χ3v) is 3.61. The molecule has 0 atom stereocenters. The van der Waals surface area contributed by atoms with Gasteiger partial charge in [0.25, 0.3) is 0 Å². The Morgan fingerprint density at radius 1 is 1.12 bits per heavy atom. The zero-order valence-corrected chi connectivity index (χ0v) is 10.3. The molecule has 1 nitrogen and oxygen atoms in total. The monoisotopic (exact) mass is 224 g/mol. The van der Waals surface area contributed by atoms with Crippen molar-refractivity contribution in [2.75, 3.05) is 13.7 Å². The first-order valence-corrected chi connectivity index (χ1v) is 6.00. The van der Waals surface area contributed by atoms with Crippen molar-refractivity contribution in [3.05, 3.63) is 53.1 Å². The lowest BCUT2D eigenvalue weighted by molar-refractivity contribution is 0.239. The summed E-state index contributed by atoms with van der Waals surface area (Å²) in [7, 11) is 1.76. The van der Waals surface area contributed by atoms with Crippen LogP contribution in [-0.4, -0.2) is 13.7 Å². The minimum Gasteiger partial charge on any atom is -0.380 e. The van der Waals surface area contributed by atoms with Crippen LogP contribution in [0.25, 0.3) is 16.3 Å². The van der Waals surface area contributed by atoms with Gasteiger partial charge in [-0.25, -0.2) is 0 Å². The Kier molecular flexibility index (Phi) is 2.49. The highest BCUT2D eigenvalue weighted by atomic mass is 16.5. The molecular formula is C16H16O. The summed E-state index contributed by atoms with van der Waals surface area (Å²) in [6.45, 7) is 2.93. The molecule has 1 aliphatic rings. The first kappa shape index (κ1) is 10.5. The molecule has 0 spiro atoms. The second-order valence-electron chi connectivity index (χ2n) is 4.68. The van der Waals surface area contributed by atoms with Crippen molar-refractivity contribution in [3.63, 3.8) is 0 Å². The quantitative estimate of drug-likeness (QED) is 0.753. The van der Waals surface area contributed by atoms with Crippen LogP contribution >= 0.6 is 0 Å². The highest BCUT2D eigenvalue weighted by molar-refractivity contribution is 5.93. The fourth-order valence-electron chi connectivity index (χ4n) is 2.76. The molecule has 0 unspecified atom stereocenters. The first-order chi connectivity index (χ1) is 8.31. The molecule has 0 bridgehead atoms. The Balaban J connectivity index is 2.22. The molecule has 0 aliphatic heterocycles. The van der Waals surface area contributed by atoms with E-state index >= 15 is 0 Å². The van der Waals surface area contributed by atoms with Gasteiger partial charge in [-0.05, 0) is 40.8 Å². The molecule has 3 rings (SSSR count). The molecule has 2 aromatic rings. The van der Waals surface area contributed by atoms with E-state index < -0.39 is 0 Å². The predicted molar refractivity (Wildman–Crippen MR) is 72.1 cm³/mol. The molecule has 86 valence electrons. The summed E-state index contributed by atoms with van der Waals surface area (Å²) in [5.41, 5.74) is 5.65. The molecule has 0 saturated carbocycles. The van der Waals surface area contributed by atoms with Crippen molar-refractivity contribution in [2.24, 2.45) is 0 Å². The predicted octanol–water partition coefficient (Wildman–Crippen LogP) is 3.82. The molecule has 1 heteroatoms. The van der Waals surface area contributed by atoms with Gasteiger partial charge >= 0.3 is 0 Å². The SMILES string of the molecule is COCC1=C(C)Cc2c1ccc1ccccc21. The average molecular weight is 224 g/mol. The normalized spacial score (nSPS) is 14.5. The van der Waals surface area contributed by atoms with Gasteiger partial charge in [0.2, 0.25) is 0 Å². The van der Waals surface area contributed by atoms with E-state index in [0.29, 0.717) is 0 Å². The van der Waals surface area contributed by atoms with Gasteiger partial charge in [-0.15, -0.1) is 0 Å². The van der Waals surface area contributed by atoms with Gasteiger partial charge in [-0.2, -0.15) is 0 Å². The van der Waals surface area contributed by atoms with E-state index in [4.69, 9.17) is 4.74 Å². The molecule has 0 heterocycles. The highest BCUT2D eigenvalue weighted by Crippen LogP contribution is 2.37. The van der Waals surface area contributed by atoms with Crippen LogP contribution in [0.4, 0.5) is 0 Å². The third kappa shape index (κ3) is 1.58. The Morgan fingerprint density at radius 3 is 2.76 bits per heavy atom. The minimum absolute atomic E-state index is 0.719. The van der Waals surface area contributed by atoms with E-state index in [2.05, 4.69) is 43.3 Å². The van der Waals surface area contributed by atoms with Crippen molar-refractivity contribution >= 4 is 16.3 Å². The topological polar surface area (TPSA) is 9.23 Å². The Labute approximate surface area is 102 Å². The summed E-state index contributed by atoms with van der Waals surface area (Å²) in [5.74, 6) is 0. The smallest absolute Gasteiger partial charge is 0.0718 e. The molecule has 0 aromatic heterocycles. The van der Waals surface area contributed by atoms with Crippen molar-refractivity contribution < 1.29 is 4.74 Å². The second kappa shape index (κ2) is 4.01. The summed E-state index contributed by atoms with van der Waals surface area (Å²) in [4.78, 5) is 0. The summed E-state index contributed by atoms with van der Waals surface area (Å²) < 4.78 is 5.31. The van der Waals surface area contributed by atoms with Gasteiger partial charge in [0.1, 0.15) is 0 Å². The van der Waals surface area contributed by atoms with Crippen LogP contribution in [0, 0.1) is 0 Å². The lowest BCUT2D eigenvalue weighted by atomic mass is 9.98. The second-order valence-corrected chi connectivity index (χ2v) is 4.68. The maximum absolute atomic E-state index is 5.31. The number of methoxy groups -OCH3 is 1. The van der Waals surface area contributed by atoms with Crippen LogP contribution in [0.3, 0.4) is 0 Å². The number of fused-ring (bicyclic) bond motifs is 3. The lowest BCUT2D eigenvalue weighted by Gasteiger charge is -2.08. The van der Waals surface area contributed by atoms with Gasteiger partial charge in [0.05, 0.1) is 6.61 Å². The summed E-state index contributed by atoms with van der Waals surface area (Å²) in [6, 6.07) is 13.1. The molecule has 0 saturated heterocycles. The molecular weight excluding hydrogens is 208 g/mol.